The van der Waals surface area contributed by atoms with Crippen molar-refractivity contribution in [2.75, 3.05) is 51.0 Å². The highest BCUT2D eigenvalue weighted by Crippen LogP contribution is 2.32. The Kier molecular flexibility index (Phi) is 9.29. The number of rotatable bonds is 7. The predicted molar refractivity (Wildman–Crippen MR) is 157 cm³/mol. The van der Waals surface area contributed by atoms with Crippen LogP contribution >= 0.6 is 11.8 Å². The van der Waals surface area contributed by atoms with Crippen LogP contribution in [-0.2, 0) is 0 Å². The highest BCUT2D eigenvalue weighted by molar-refractivity contribution is 7.98. The summed E-state index contributed by atoms with van der Waals surface area (Å²) in [7, 11) is 1.98. The lowest BCUT2D eigenvalue weighted by atomic mass is 9.93. The molecule has 1 atom stereocenters. The molecule has 1 amide bonds. The summed E-state index contributed by atoms with van der Waals surface area (Å²) in [4.78, 5) is 27.2. The fraction of sp³-hybridized carbons (Fsp3) is 0.613. The number of hydrogen-bond donors (Lipinski definition) is 1. The molecule has 7 heteroatoms. The zero-order chi connectivity index (χ0) is 26.5. The molecular weight excluding hydrogens is 492 g/mol. The molecule has 1 N–H and O–H groups in total. The standard InChI is InChI=1S/C31H44N4O2S/c1-33(25-8-4-3-5-9-25)31(37)28-14-15-29(24-10-12-27(38-2)13-11-24)32-30(28)34-19-16-26(17-20-34)35-18-6-7-23(21-35)22-36/h10-15,23,25-26,36H,3-9,16-22H2,1-2H3/t23-/m1/s1. The molecule has 38 heavy (non-hydrogen) atoms. The van der Waals surface area contributed by atoms with Gasteiger partial charge in [-0.2, -0.15) is 0 Å². The number of hydrogen-bond acceptors (Lipinski definition) is 6. The number of nitrogens with zero attached hydrogens (tertiary/aromatic N) is 4. The Bertz CT molecular complexity index is 1060. The van der Waals surface area contributed by atoms with Crippen LogP contribution in [-0.4, -0.2) is 84.0 Å². The van der Waals surface area contributed by atoms with Gasteiger partial charge in [0.25, 0.3) is 5.91 Å². The largest absolute Gasteiger partial charge is 0.396 e. The minimum Gasteiger partial charge on any atom is -0.396 e. The summed E-state index contributed by atoms with van der Waals surface area (Å²) in [6.07, 6.45) is 12.4. The average Bonchev–Trinajstić information content (AvgIpc) is 3.00. The highest BCUT2D eigenvalue weighted by Gasteiger charge is 2.32. The number of piperidine rings is 2. The number of anilines is 1. The van der Waals surface area contributed by atoms with E-state index in [-0.39, 0.29) is 5.91 Å². The second-order valence-electron chi connectivity index (χ2n) is 11.4. The smallest absolute Gasteiger partial charge is 0.257 e. The first-order valence-corrected chi connectivity index (χ1v) is 15.8. The quantitative estimate of drug-likeness (QED) is 0.469. The maximum atomic E-state index is 13.8. The molecule has 0 spiro atoms. The van der Waals surface area contributed by atoms with Crippen LogP contribution in [0.25, 0.3) is 11.3 Å². The lowest BCUT2D eigenvalue weighted by Gasteiger charge is -2.42. The van der Waals surface area contributed by atoms with E-state index in [4.69, 9.17) is 4.98 Å². The number of aliphatic hydroxyl groups excluding tert-OH is 1. The SMILES string of the molecule is CSc1ccc(-c2ccc(C(=O)N(C)C3CCCCC3)c(N3CCC(N4CCC[C@@H](CO)C4)CC3)n2)cc1. The lowest BCUT2D eigenvalue weighted by molar-refractivity contribution is 0.0695. The number of likely N-dealkylation sites (tertiary alicyclic amines) is 1. The van der Waals surface area contributed by atoms with Crippen molar-refractivity contribution in [3.63, 3.8) is 0 Å². The van der Waals surface area contributed by atoms with E-state index < -0.39 is 0 Å². The van der Waals surface area contributed by atoms with Gasteiger partial charge in [-0.15, -0.1) is 11.8 Å². The van der Waals surface area contributed by atoms with E-state index >= 15 is 0 Å². The third-order valence-electron chi connectivity index (χ3n) is 9.02. The second-order valence-corrected chi connectivity index (χ2v) is 12.3. The van der Waals surface area contributed by atoms with Gasteiger partial charge in [0, 0.05) is 55.8 Å². The van der Waals surface area contributed by atoms with Crippen molar-refractivity contribution in [3.8, 4) is 11.3 Å². The number of aliphatic hydroxyl groups is 1. The Labute approximate surface area is 232 Å². The fourth-order valence-electron chi connectivity index (χ4n) is 6.62. The molecule has 3 heterocycles. The summed E-state index contributed by atoms with van der Waals surface area (Å²) in [6.45, 7) is 4.25. The molecule has 206 valence electrons. The molecule has 6 nitrogen and oxygen atoms in total. The highest BCUT2D eigenvalue weighted by atomic mass is 32.2. The summed E-state index contributed by atoms with van der Waals surface area (Å²) < 4.78 is 0. The topological polar surface area (TPSA) is 59.9 Å². The molecule has 1 aromatic heterocycles. The van der Waals surface area contributed by atoms with Crippen LogP contribution in [0.15, 0.2) is 41.3 Å². The lowest BCUT2D eigenvalue weighted by Crippen LogP contribution is -2.49. The van der Waals surface area contributed by atoms with E-state index in [9.17, 15) is 9.90 Å². The number of amides is 1. The number of thioether (sulfide) groups is 1. The Morgan fingerprint density at radius 1 is 0.974 bits per heavy atom. The fourth-order valence-corrected chi connectivity index (χ4v) is 7.03. The molecule has 3 fully saturated rings. The van der Waals surface area contributed by atoms with Crippen LogP contribution < -0.4 is 4.90 Å². The normalized spacial score (nSPS) is 22.0. The van der Waals surface area contributed by atoms with Crippen LogP contribution in [0.3, 0.4) is 0 Å². The van der Waals surface area contributed by atoms with Gasteiger partial charge >= 0.3 is 0 Å². The molecule has 1 aromatic carbocycles. The maximum absolute atomic E-state index is 13.8. The van der Waals surface area contributed by atoms with Crippen molar-refractivity contribution in [2.24, 2.45) is 5.92 Å². The van der Waals surface area contributed by atoms with Crippen molar-refractivity contribution < 1.29 is 9.90 Å². The van der Waals surface area contributed by atoms with Gasteiger partial charge in [-0.25, -0.2) is 4.98 Å². The van der Waals surface area contributed by atoms with Crippen molar-refractivity contribution in [1.29, 1.82) is 0 Å². The number of benzene rings is 1. The Morgan fingerprint density at radius 2 is 1.71 bits per heavy atom. The van der Waals surface area contributed by atoms with Gasteiger partial charge in [-0.3, -0.25) is 9.69 Å². The molecule has 0 radical (unpaired) electrons. The molecule has 2 aromatic rings. The van der Waals surface area contributed by atoms with Crippen LogP contribution in [0.2, 0.25) is 0 Å². The molecule has 2 aliphatic heterocycles. The Morgan fingerprint density at radius 3 is 2.39 bits per heavy atom. The van der Waals surface area contributed by atoms with E-state index in [1.807, 2.05) is 24.1 Å². The number of pyridine rings is 1. The second kappa shape index (κ2) is 12.8. The molecular formula is C31H44N4O2S. The van der Waals surface area contributed by atoms with E-state index in [0.717, 1.165) is 80.9 Å². The third-order valence-corrected chi connectivity index (χ3v) is 9.77. The van der Waals surface area contributed by atoms with Crippen molar-refractivity contribution in [3.05, 3.63) is 42.0 Å². The zero-order valence-corrected chi connectivity index (χ0v) is 24.0. The van der Waals surface area contributed by atoms with Crippen LogP contribution in [0, 0.1) is 5.92 Å². The summed E-state index contributed by atoms with van der Waals surface area (Å²) in [5.74, 6) is 1.36. The molecule has 2 saturated heterocycles. The monoisotopic (exact) mass is 536 g/mol. The van der Waals surface area contributed by atoms with E-state index in [1.54, 1.807) is 11.8 Å². The zero-order valence-electron chi connectivity index (χ0n) is 23.1. The van der Waals surface area contributed by atoms with E-state index in [1.165, 1.54) is 30.6 Å². The third kappa shape index (κ3) is 6.21. The van der Waals surface area contributed by atoms with Gasteiger partial charge in [0.05, 0.1) is 11.3 Å². The minimum atomic E-state index is 0.104. The molecule has 1 aliphatic carbocycles. The maximum Gasteiger partial charge on any atom is 0.257 e. The molecule has 1 saturated carbocycles. The van der Waals surface area contributed by atoms with Crippen molar-refractivity contribution >= 4 is 23.5 Å². The van der Waals surface area contributed by atoms with Gasteiger partial charge in [0.15, 0.2) is 0 Å². The first-order valence-electron chi connectivity index (χ1n) is 14.6. The van der Waals surface area contributed by atoms with Gasteiger partial charge < -0.3 is 14.9 Å². The predicted octanol–water partition coefficient (Wildman–Crippen LogP) is 5.55. The van der Waals surface area contributed by atoms with Crippen molar-refractivity contribution in [1.82, 2.24) is 14.8 Å². The van der Waals surface area contributed by atoms with Gasteiger partial charge in [0.2, 0.25) is 0 Å². The molecule has 5 rings (SSSR count). The number of carbonyl (C=O) groups excluding carboxylic acids is 1. The first-order chi connectivity index (χ1) is 18.6. The first kappa shape index (κ1) is 27.5. The Balaban J connectivity index is 1.38. The van der Waals surface area contributed by atoms with Gasteiger partial charge in [-0.05, 0) is 81.5 Å². The van der Waals surface area contributed by atoms with E-state index in [0.29, 0.717) is 24.6 Å². The van der Waals surface area contributed by atoms with Crippen molar-refractivity contribution in [2.45, 2.75) is 74.8 Å². The summed E-state index contributed by atoms with van der Waals surface area (Å²) >= 11 is 1.74. The van der Waals surface area contributed by atoms with Gasteiger partial charge in [-0.1, -0.05) is 31.4 Å². The number of carbonyl (C=O) groups is 1. The molecule has 3 aliphatic rings. The van der Waals surface area contributed by atoms with Crippen LogP contribution in [0.1, 0.15) is 68.1 Å². The summed E-state index contributed by atoms with van der Waals surface area (Å²) in [5.41, 5.74) is 2.75. The minimum absolute atomic E-state index is 0.104. The average molecular weight is 537 g/mol. The number of aromatic nitrogens is 1. The molecule has 0 bridgehead atoms. The van der Waals surface area contributed by atoms with Gasteiger partial charge in [0.1, 0.15) is 5.82 Å². The Hall–Kier alpha value is -2.09. The molecule has 0 unspecified atom stereocenters. The summed E-state index contributed by atoms with van der Waals surface area (Å²) in [6, 6.07) is 13.5. The van der Waals surface area contributed by atoms with E-state index in [2.05, 4.69) is 40.3 Å². The summed E-state index contributed by atoms with van der Waals surface area (Å²) in [5, 5.41) is 9.69. The van der Waals surface area contributed by atoms with Crippen LogP contribution in [0.5, 0.6) is 0 Å². The van der Waals surface area contributed by atoms with Crippen LogP contribution in [0.4, 0.5) is 5.82 Å².